The molecule has 1 aliphatic heterocycles. The van der Waals surface area contributed by atoms with Crippen LogP contribution in [0.3, 0.4) is 0 Å². The fraction of sp³-hybridized carbons (Fsp3) is 0.583. The maximum absolute atomic E-state index is 12.8. The third-order valence-corrected chi connectivity index (χ3v) is 7.07. The molecule has 6 nitrogen and oxygen atoms in total. The number of amides is 1. The molecule has 112 valence electrons. The summed E-state index contributed by atoms with van der Waals surface area (Å²) < 4.78 is 32.1. The van der Waals surface area contributed by atoms with Crippen LogP contribution >= 0.6 is 11.3 Å². The van der Waals surface area contributed by atoms with Crippen LogP contribution in [0.4, 0.5) is 0 Å². The van der Waals surface area contributed by atoms with Crippen molar-refractivity contribution in [2.75, 3.05) is 7.11 Å². The van der Waals surface area contributed by atoms with Gasteiger partial charge in [0.15, 0.2) is 4.21 Å². The number of sulfonamides is 1. The second-order valence-electron chi connectivity index (χ2n) is 4.83. The lowest BCUT2D eigenvalue weighted by molar-refractivity contribution is -0.128. The van der Waals surface area contributed by atoms with Gasteiger partial charge in [-0.3, -0.25) is 4.79 Å². The van der Waals surface area contributed by atoms with Crippen molar-refractivity contribution in [1.29, 1.82) is 0 Å². The molecule has 0 spiro atoms. The molecular weight excluding hydrogens is 300 g/mol. The first-order valence-electron chi connectivity index (χ1n) is 6.26. The second kappa shape index (κ2) is 5.34. The number of hydrogen-bond acceptors (Lipinski definition) is 5. The molecule has 0 bridgehead atoms. The Morgan fingerprint density at radius 3 is 2.60 bits per heavy atom. The summed E-state index contributed by atoms with van der Waals surface area (Å²) in [5.41, 5.74) is 0. The van der Waals surface area contributed by atoms with Crippen LogP contribution in [0, 0.1) is 0 Å². The van der Waals surface area contributed by atoms with E-state index in [9.17, 15) is 13.2 Å². The molecule has 3 unspecified atom stereocenters. The van der Waals surface area contributed by atoms with Crippen molar-refractivity contribution in [3.63, 3.8) is 0 Å². The van der Waals surface area contributed by atoms with Crippen LogP contribution in [-0.2, 0) is 14.8 Å². The van der Waals surface area contributed by atoms with Gasteiger partial charge in [0.2, 0.25) is 5.91 Å². The molecule has 2 heterocycles. The van der Waals surface area contributed by atoms with Crippen LogP contribution in [0.2, 0.25) is 0 Å². The number of piperazine rings is 1. The lowest BCUT2D eigenvalue weighted by Crippen LogP contribution is -2.63. The van der Waals surface area contributed by atoms with Gasteiger partial charge in [-0.25, -0.2) is 8.42 Å². The predicted molar refractivity (Wildman–Crippen MR) is 76.4 cm³/mol. The maximum Gasteiger partial charge on any atom is 0.257 e. The first-order chi connectivity index (χ1) is 9.30. The molecule has 8 heteroatoms. The summed E-state index contributed by atoms with van der Waals surface area (Å²) in [6.07, 6.45) is 0. The average Bonchev–Trinajstić information content (AvgIpc) is 2.85. The van der Waals surface area contributed by atoms with Gasteiger partial charge in [0, 0.05) is 12.1 Å². The third-order valence-electron chi connectivity index (χ3n) is 3.58. The minimum absolute atomic E-state index is 0.139. The molecule has 0 radical (unpaired) electrons. The highest BCUT2D eigenvalue weighted by molar-refractivity contribution is 7.91. The Morgan fingerprint density at radius 1 is 1.35 bits per heavy atom. The quantitative estimate of drug-likeness (QED) is 0.903. The third kappa shape index (κ3) is 2.32. The van der Waals surface area contributed by atoms with Crippen LogP contribution in [0.15, 0.2) is 15.7 Å². The molecule has 0 aromatic carbocycles. The molecule has 1 aliphatic rings. The van der Waals surface area contributed by atoms with Gasteiger partial charge < -0.3 is 10.1 Å². The Labute approximate surface area is 122 Å². The van der Waals surface area contributed by atoms with Crippen molar-refractivity contribution in [3.05, 3.63) is 11.4 Å². The summed E-state index contributed by atoms with van der Waals surface area (Å²) in [6, 6.07) is 0.317. The fourth-order valence-corrected chi connectivity index (χ4v) is 5.52. The average molecular weight is 318 g/mol. The maximum atomic E-state index is 12.8. The van der Waals surface area contributed by atoms with Gasteiger partial charge in [0.05, 0.1) is 7.11 Å². The number of carbonyl (C=O) groups is 1. The van der Waals surface area contributed by atoms with Crippen LogP contribution in [0.1, 0.15) is 20.8 Å². The van der Waals surface area contributed by atoms with E-state index in [4.69, 9.17) is 4.74 Å². The van der Waals surface area contributed by atoms with Crippen molar-refractivity contribution in [3.8, 4) is 5.75 Å². The molecule has 1 aromatic heterocycles. The smallest absolute Gasteiger partial charge is 0.257 e. The number of carbonyl (C=O) groups excluding carboxylic acids is 1. The zero-order valence-corrected chi connectivity index (χ0v) is 13.4. The Bertz CT molecular complexity index is 611. The highest BCUT2D eigenvalue weighted by atomic mass is 32.2. The van der Waals surface area contributed by atoms with Gasteiger partial charge >= 0.3 is 0 Å². The number of thiophene rings is 1. The molecule has 1 aromatic rings. The number of methoxy groups -OCH3 is 1. The summed E-state index contributed by atoms with van der Waals surface area (Å²) in [5.74, 6) is 0.0303. The Morgan fingerprint density at radius 2 is 2.00 bits per heavy atom. The van der Waals surface area contributed by atoms with E-state index < -0.39 is 16.1 Å². The number of nitrogens with zero attached hydrogens (tertiary/aromatic N) is 1. The van der Waals surface area contributed by atoms with Crippen molar-refractivity contribution >= 4 is 27.3 Å². The molecule has 1 saturated heterocycles. The molecule has 3 atom stereocenters. The van der Waals surface area contributed by atoms with E-state index in [1.54, 1.807) is 32.2 Å². The fourth-order valence-electron chi connectivity index (χ4n) is 2.30. The Kier molecular flexibility index (Phi) is 4.08. The standard InChI is InChI=1S/C12H18N2O4S2/c1-7-8(2)14(9(3)11(15)13-7)20(16,17)12-10(18-4)5-6-19-12/h5-9H,1-4H3,(H,13,15). The van der Waals surface area contributed by atoms with Crippen LogP contribution in [0.25, 0.3) is 0 Å². The van der Waals surface area contributed by atoms with Gasteiger partial charge in [0.1, 0.15) is 11.8 Å². The van der Waals surface area contributed by atoms with Gasteiger partial charge in [-0.1, -0.05) is 0 Å². The van der Waals surface area contributed by atoms with Gasteiger partial charge in [-0.15, -0.1) is 11.3 Å². The monoisotopic (exact) mass is 318 g/mol. The molecule has 1 amide bonds. The second-order valence-corrected chi connectivity index (χ2v) is 7.78. The van der Waals surface area contributed by atoms with E-state index in [1.807, 2.05) is 0 Å². The van der Waals surface area contributed by atoms with E-state index in [2.05, 4.69) is 5.32 Å². The number of rotatable bonds is 3. The molecule has 1 fully saturated rings. The van der Waals surface area contributed by atoms with E-state index in [0.717, 1.165) is 11.3 Å². The molecule has 0 aliphatic carbocycles. The van der Waals surface area contributed by atoms with Gasteiger partial charge in [-0.2, -0.15) is 4.31 Å². The summed E-state index contributed by atoms with van der Waals surface area (Å²) in [6.45, 7) is 5.18. The zero-order chi connectivity index (χ0) is 15.1. The first kappa shape index (κ1) is 15.3. The minimum Gasteiger partial charge on any atom is -0.494 e. The summed E-state index contributed by atoms with van der Waals surface area (Å²) in [5, 5.41) is 4.44. The number of hydrogen-bond donors (Lipinski definition) is 1. The van der Waals surface area contributed by atoms with Crippen molar-refractivity contribution in [2.45, 2.75) is 43.1 Å². The molecule has 1 N–H and O–H groups in total. The molecule has 2 rings (SSSR count). The number of ether oxygens (including phenoxy) is 1. The zero-order valence-electron chi connectivity index (χ0n) is 11.8. The van der Waals surface area contributed by atoms with E-state index >= 15 is 0 Å². The normalized spacial score (nSPS) is 28.2. The molecular formula is C12H18N2O4S2. The van der Waals surface area contributed by atoms with Gasteiger partial charge in [0.25, 0.3) is 10.0 Å². The first-order valence-corrected chi connectivity index (χ1v) is 8.58. The SMILES string of the molecule is COc1ccsc1S(=O)(=O)N1C(C)C(=O)NC(C)C1C. The van der Waals surface area contributed by atoms with Crippen LogP contribution in [0.5, 0.6) is 5.75 Å². The molecule has 20 heavy (non-hydrogen) atoms. The lowest BCUT2D eigenvalue weighted by atomic mass is 10.1. The van der Waals surface area contributed by atoms with E-state index in [-0.39, 0.29) is 22.2 Å². The van der Waals surface area contributed by atoms with E-state index in [1.165, 1.54) is 11.4 Å². The molecule has 0 saturated carbocycles. The minimum atomic E-state index is -3.76. The number of nitrogens with one attached hydrogen (secondary N) is 1. The highest BCUT2D eigenvalue weighted by Gasteiger charge is 2.44. The highest BCUT2D eigenvalue weighted by Crippen LogP contribution is 2.35. The topological polar surface area (TPSA) is 75.7 Å². The lowest BCUT2D eigenvalue weighted by Gasteiger charge is -2.40. The van der Waals surface area contributed by atoms with E-state index in [0.29, 0.717) is 5.75 Å². The predicted octanol–water partition coefficient (Wildman–Crippen LogP) is 1.04. The largest absolute Gasteiger partial charge is 0.494 e. The Hall–Kier alpha value is -1.12. The van der Waals surface area contributed by atoms with Crippen molar-refractivity contribution in [2.24, 2.45) is 0 Å². The van der Waals surface area contributed by atoms with Crippen LogP contribution in [-0.4, -0.2) is 43.9 Å². The summed E-state index contributed by atoms with van der Waals surface area (Å²) in [4.78, 5) is 11.9. The summed E-state index contributed by atoms with van der Waals surface area (Å²) in [7, 11) is -2.33. The van der Waals surface area contributed by atoms with Gasteiger partial charge in [-0.05, 0) is 32.2 Å². The van der Waals surface area contributed by atoms with Crippen molar-refractivity contribution in [1.82, 2.24) is 9.62 Å². The van der Waals surface area contributed by atoms with Crippen LogP contribution < -0.4 is 10.1 Å². The van der Waals surface area contributed by atoms with Crippen molar-refractivity contribution < 1.29 is 17.9 Å². The Balaban J connectivity index is 2.49. The summed E-state index contributed by atoms with van der Waals surface area (Å²) >= 11 is 1.09.